The second kappa shape index (κ2) is 5.32. The molecular formula is C13H14ClN3O2. The molecule has 0 saturated carbocycles. The van der Waals surface area contributed by atoms with Crippen LogP contribution in [0.15, 0.2) is 30.3 Å². The lowest BCUT2D eigenvalue weighted by atomic mass is 10.3. The van der Waals surface area contributed by atoms with E-state index in [0.29, 0.717) is 16.5 Å². The van der Waals surface area contributed by atoms with E-state index in [1.54, 1.807) is 24.3 Å². The van der Waals surface area contributed by atoms with Crippen LogP contribution in [-0.2, 0) is 0 Å². The van der Waals surface area contributed by atoms with Gasteiger partial charge in [-0.15, -0.1) is 0 Å². The van der Waals surface area contributed by atoms with Gasteiger partial charge in [-0.25, -0.2) is 4.79 Å². The molecule has 0 atom stereocenters. The lowest BCUT2D eigenvalue weighted by Gasteiger charge is -2.10. The minimum atomic E-state index is -0.514. The highest BCUT2D eigenvalue weighted by atomic mass is 35.5. The topological polar surface area (TPSA) is 70.1 Å². The average molecular weight is 280 g/mol. The minimum absolute atomic E-state index is 0.0132. The zero-order valence-electron chi connectivity index (χ0n) is 10.6. The molecule has 0 unspecified atom stereocenters. The maximum absolute atomic E-state index is 12.1. The van der Waals surface area contributed by atoms with Gasteiger partial charge in [0.25, 0.3) is 0 Å². The number of hydrogen-bond acceptors (Lipinski definition) is 4. The lowest BCUT2D eigenvalue weighted by molar-refractivity contribution is 0.0719. The summed E-state index contributed by atoms with van der Waals surface area (Å²) < 4.78 is 6.78. The molecule has 5 nitrogen and oxygen atoms in total. The van der Waals surface area contributed by atoms with Crippen LogP contribution < -0.4 is 10.5 Å². The number of nitrogen functional groups attached to an aromatic ring is 1. The number of carbonyl (C=O) groups is 1. The molecule has 1 aromatic carbocycles. The molecular weight excluding hydrogens is 266 g/mol. The third-order valence-corrected chi connectivity index (χ3v) is 2.69. The summed E-state index contributed by atoms with van der Waals surface area (Å²) in [5, 5.41) is 4.56. The highest BCUT2D eigenvalue weighted by Crippen LogP contribution is 2.20. The molecule has 6 heteroatoms. The van der Waals surface area contributed by atoms with Crippen molar-refractivity contribution in [2.45, 2.75) is 19.9 Å². The van der Waals surface area contributed by atoms with Crippen molar-refractivity contribution in [2.75, 3.05) is 5.73 Å². The Morgan fingerprint density at radius 3 is 2.79 bits per heavy atom. The number of aromatic nitrogens is 2. The van der Waals surface area contributed by atoms with Gasteiger partial charge in [0, 0.05) is 17.1 Å². The second-order valence-electron chi connectivity index (χ2n) is 4.34. The van der Waals surface area contributed by atoms with Crippen LogP contribution in [0.5, 0.6) is 5.75 Å². The van der Waals surface area contributed by atoms with Gasteiger partial charge in [-0.3, -0.25) is 4.68 Å². The van der Waals surface area contributed by atoms with Crippen LogP contribution in [0.2, 0.25) is 5.02 Å². The van der Waals surface area contributed by atoms with E-state index in [1.807, 2.05) is 13.8 Å². The van der Waals surface area contributed by atoms with Crippen LogP contribution in [-0.4, -0.2) is 15.7 Å². The second-order valence-corrected chi connectivity index (χ2v) is 4.78. The Bertz CT molecular complexity index is 608. The standard InChI is InChI=1S/C13H14ClN3O2/c1-8(2)17-11(7-12(15)16-17)13(18)19-10-5-3-4-9(14)6-10/h3-8H,1-2H3,(H2,15,16). The van der Waals surface area contributed by atoms with Gasteiger partial charge in [-0.1, -0.05) is 17.7 Å². The number of nitrogens with zero attached hydrogens (tertiary/aromatic N) is 2. The number of esters is 1. The molecule has 0 spiro atoms. The Labute approximate surface area is 115 Å². The Morgan fingerprint density at radius 2 is 2.16 bits per heavy atom. The lowest BCUT2D eigenvalue weighted by Crippen LogP contribution is -2.17. The third-order valence-electron chi connectivity index (χ3n) is 2.46. The molecule has 0 radical (unpaired) electrons. The Kier molecular flexibility index (Phi) is 3.76. The SMILES string of the molecule is CC(C)n1nc(N)cc1C(=O)Oc1cccc(Cl)c1. The van der Waals surface area contributed by atoms with Crippen molar-refractivity contribution in [3.63, 3.8) is 0 Å². The molecule has 100 valence electrons. The number of anilines is 1. The van der Waals surface area contributed by atoms with Crippen LogP contribution in [0.4, 0.5) is 5.82 Å². The third kappa shape index (κ3) is 3.06. The molecule has 0 fully saturated rings. The monoisotopic (exact) mass is 279 g/mol. The Balaban J connectivity index is 2.25. The van der Waals surface area contributed by atoms with Crippen LogP contribution in [0.25, 0.3) is 0 Å². The fourth-order valence-electron chi connectivity index (χ4n) is 1.65. The van der Waals surface area contributed by atoms with Crippen molar-refractivity contribution in [3.8, 4) is 5.75 Å². The molecule has 19 heavy (non-hydrogen) atoms. The summed E-state index contributed by atoms with van der Waals surface area (Å²) in [7, 11) is 0. The van der Waals surface area contributed by atoms with Crippen molar-refractivity contribution in [1.29, 1.82) is 0 Å². The number of carbonyl (C=O) groups excluding carboxylic acids is 1. The van der Waals surface area contributed by atoms with E-state index in [9.17, 15) is 4.79 Å². The highest BCUT2D eigenvalue weighted by Gasteiger charge is 2.18. The van der Waals surface area contributed by atoms with Crippen LogP contribution in [0.3, 0.4) is 0 Å². The molecule has 0 aliphatic carbocycles. The molecule has 2 N–H and O–H groups in total. The van der Waals surface area contributed by atoms with E-state index in [4.69, 9.17) is 22.1 Å². The van der Waals surface area contributed by atoms with Crippen molar-refractivity contribution in [1.82, 2.24) is 9.78 Å². The maximum Gasteiger partial charge on any atom is 0.362 e. The minimum Gasteiger partial charge on any atom is -0.422 e. The quantitative estimate of drug-likeness (QED) is 0.693. The molecule has 2 aromatic rings. The predicted octanol–water partition coefficient (Wildman–Crippen LogP) is 2.92. The number of halogens is 1. The van der Waals surface area contributed by atoms with E-state index < -0.39 is 5.97 Å². The zero-order valence-corrected chi connectivity index (χ0v) is 11.4. The number of hydrogen-bond donors (Lipinski definition) is 1. The molecule has 2 rings (SSSR count). The first-order valence-corrected chi connectivity index (χ1v) is 6.18. The molecule has 0 aliphatic heterocycles. The Hall–Kier alpha value is -2.01. The first-order chi connectivity index (χ1) is 8.97. The van der Waals surface area contributed by atoms with Gasteiger partial charge in [-0.2, -0.15) is 5.10 Å². The van der Waals surface area contributed by atoms with Gasteiger partial charge in [0.2, 0.25) is 0 Å². The van der Waals surface area contributed by atoms with E-state index in [2.05, 4.69) is 5.10 Å². The number of nitrogens with two attached hydrogens (primary N) is 1. The van der Waals surface area contributed by atoms with Crippen molar-refractivity contribution in [2.24, 2.45) is 0 Å². The van der Waals surface area contributed by atoms with E-state index in [-0.39, 0.29) is 11.9 Å². The van der Waals surface area contributed by atoms with E-state index in [1.165, 1.54) is 10.7 Å². The molecule has 0 aliphatic rings. The van der Waals surface area contributed by atoms with Crippen molar-refractivity contribution < 1.29 is 9.53 Å². The fourth-order valence-corrected chi connectivity index (χ4v) is 1.83. The summed E-state index contributed by atoms with van der Waals surface area (Å²) in [6, 6.07) is 8.14. The van der Waals surface area contributed by atoms with Crippen molar-refractivity contribution in [3.05, 3.63) is 41.0 Å². The smallest absolute Gasteiger partial charge is 0.362 e. The van der Waals surface area contributed by atoms with Gasteiger partial charge in [0.1, 0.15) is 17.3 Å². The molecule has 0 bridgehead atoms. The predicted molar refractivity (Wildman–Crippen MR) is 73.4 cm³/mol. The molecule has 1 heterocycles. The van der Waals surface area contributed by atoms with E-state index in [0.717, 1.165) is 0 Å². The average Bonchev–Trinajstić information content (AvgIpc) is 2.71. The summed E-state index contributed by atoms with van der Waals surface area (Å²) in [6.07, 6.45) is 0. The fraction of sp³-hybridized carbons (Fsp3) is 0.231. The van der Waals surface area contributed by atoms with Crippen LogP contribution in [0.1, 0.15) is 30.4 Å². The summed E-state index contributed by atoms with van der Waals surface area (Å²) >= 11 is 5.83. The van der Waals surface area contributed by atoms with E-state index >= 15 is 0 Å². The normalized spacial score (nSPS) is 10.7. The first-order valence-electron chi connectivity index (χ1n) is 5.80. The molecule has 0 amide bonds. The van der Waals surface area contributed by atoms with Gasteiger partial charge in [-0.05, 0) is 32.0 Å². The van der Waals surface area contributed by atoms with Gasteiger partial charge in [0.15, 0.2) is 0 Å². The first kappa shape index (κ1) is 13.4. The van der Waals surface area contributed by atoms with Gasteiger partial charge in [0.05, 0.1) is 0 Å². The number of rotatable bonds is 3. The highest BCUT2D eigenvalue weighted by molar-refractivity contribution is 6.30. The van der Waals surface area contributed by atoms with Crippen molar-refractivity contribution >= 4 is 23.4 Å². The molecule has 0 saturated heterocycles. The summed E-state index contributed by atoms with van der Waals surface area (Å²) in [4.78, 5) is 12.1. The molecule has 1 aromatic heterocycles. The summed E-state index contributed by atoms with van der Waals surface area (Å²) in [6.45, 7) is 3.81. The Morgan fingerprint density at radius 1 is 1.42 bits per heavy atom. The number of benzene rings is 1. The van der Waals surface area contributed by atoms with Crippen LogP contribution in [0, 0.1) is 0 Å². The zero-order chi connectivity index (χ0) is 14.0. The largest absolute Gasteiger partial charge is 0.422 e. The maximum atomic E-state index is 12.1. The summed E-state index contributed by atoms with van der Waals surface area (Å²) in [5.74, 6) is 0.152. The van der Waals surface area contributed by atoms with Gasteiger partial charge >= 0.3 is 5.97 Å². The summed E-state index contributed by atoms with van der Waals surface area (Å²) in [5.41, 5.74) is 5.92. The number of ether oxygens (including phenoxy) is 1. The van der Waals surface area contributed by atoms with Gasteiger partial charge < -0.3 is 10.5 Å². The van der Waals surface area contributed by atoms with Crippen LogP contribution >= 0.6 is 11.6 Å².